The Hall–Kier alpha value is -2.61. The highest BCUT2D eigenvalue weighted by Crippen LogP contribution is 2.39. The van der Waals surface area contributed by atoms with Gasteiger partial charge in [0.05, 0.1) is 36.3 Å². The van der Waals surface area contributed by atoms with Crippen LogP contribution in [0.2, 0.25) is 0 Å². The number of rotatable bonds is 5. The number of esters is 1. The lowest BCUT2D eigenvalue weighted by Gasteiger charge is -2.40. The molecule has 6 nitrogen and oxygen atoms in total. The summed E-state index contributed by atoms with van der Waals surface area (Å²) in [7, 11) is -2.82. The average Bonchev–Trinajstić information content (AvgIpc) is 2.67. The fourth-order valence-corrected chi connectivity index (χ4v) is 5.37. The fraction of sp³-hybridized carbons (Fsp3) is 0.381. The zero-order valence-electron chi connectivity index (χ0n) is 16.8. The minimum atomic E-state index is -4.09. The summed E-state index contributed by atoms with van der Waals surface area (Å²) in [6, 6.07) is 8.22. The number of anilines is 1. The summed E-state index contributed by atoms with van der Waals surface area (Å²) in [4.78, 5) is 12.4. The molecule has 2 atom stereocenters. The third kappa shape index (κ3) is 3.81. The maximum atomic E-state index is 13.8. The number of methoxy groups -OCH3 is 1. The van der Waals surface area contributed by atoms with Crippen LogP contribution < -0.4 is 9.04 Å². The van der Waals surface area contributed by atoms with Crippen molar-refractivity contribution in [1.29, 1.82) is 0 Å². The smallest absolute Gasteiger partial charge is 0.311 e. The first-order valence-electron chi connectivity index (χ1n) is 9.34. The number of carbonyl (C=O) groups is 1. The minimum Gasteiger partial charge on any atom is -0.494 e. The van der Waals surface area contributed by atoms with Crippen molar-refractivity contribution in [2.75, 3.05) is 18.0 Å². The Bertz CT molecular complexity index is 1040. The molecule has 0 N–H and O–H groups in total. The first kappa shape index (κ1) is 21.1. The van der Waals surface area contributed by atoms with Crippen molar-refractivity contribution in [3.8, 4) is 5.75 Å². The Kier molecular flexibility index (Phi) is 5.84. The van der Waals surface area contributed by atoms with Crippen LogP contribution in [-0.4, -0.2) is 34.1 Å². The number of aryl methyl sites for hydroxylation is 1. The second-order valence-electron chi connectivity index (χ2n) is 7.03. The molecule has 1 aliphatic rings. The minimum absolute atomic E-state index is 0.112. The monoisotopic (exact) mass is 421 g/mol. The Morgan fingerprint density at radius 2 is 1.97 bits per heavy atom. The molecule has 0 radical (unpaired) electrons. The number of benzene rings is 2. The molecule has 0 aliphatic carbocycles. The summed E-state index contributed by atoms with van der Waals surface area (Å²) in [5.41, 5.74) is 2.15. The normalized spacial score (nSPS) is 18.9. The maximum Gasteiger partial charge on any atom is 0.311 e. The van der Waals surface area contributed by atoms with Crippen molar-refractivity contribution in [1.82, 2.24) is 0 Å². The van der Waals surface area contributed by atoms with Gasteiger partial charge >= 0.3 is 5.97 Å². The Labute approximate surface area is 170 Å². The van der Waals surface area contributed by atoms with Gasteiger partial charge in [0.25, 0.3) is 10.0 Å². The van der Waals surface area contributed by atoms with E-state index in [1.165, 1.54) is 17.5 Å². The highest BCUT2D eigenvalue weighted by Gasteiger charge is 2.42. The van der Waals surface area contributed by atoms with Crippen molar-refractivity contribution < 1.29 is 27.1 Å². The number of ether oxygens (including phenoxy) is 2. The fourth-order valence-electron chi connectivity index (χ4n) is 3.63. The van der Waals surface area contributed by atoms with Crippen molar-refractivity contribution in [2.45, 2.75) is 38.1 Å². The molecule has 1 heterocycles. The van der Waals surface area contributed by atoms with Crippen LogP contribution in [-0.2, 0) is 26.0 Å². The lowest BCUT2D eigenvalue weighted by Crippen LogP contribution is -2.49. The highest BCUT2D eigenvalue weighted by atomic mass is 32.2. The third-order valence-electron chi connectivity index (χ3n) is 5.14. The number of sulfonamides is 1. The van der Waals surface area contributed by atoms with E-state index in [0.717, 1.165) is 23.3 Å². The van der Waals surface area contributed by atoms with E-state index in [9.17, 15) is 17.6 Å². The van der Waals surface area contributed by atoms with E-state index in [2.05, 4.69) is 0 Å². The largest absolute Gasteiger partial charge is 0.494 e. The molecule has 156 valence electrons. The molecule has 0 saturated carbocycles. The number of carbonyl (C=O) groups excluding carboxylic acids is 1. The summed E-state index contributed by atoms with van der Waals surface area (Å²) >= 11 is 0. The third-order valence-corrected chi connectivity index (χ3v) is 7.04. The molecular weight excluding hydrogens is 397 g/mol. The number of halogens is 1. The summed E-state index contributed by atoms with van der Waals surface area (Å²) in [5.74, 6) is -1.91. The van der Waals surface area contributed by atoms with Gasteiger partial charge in [-0.05, 0) is 56.5 Å². The van der Waals surface area contributed by atoms with Gasteiger partial charge in [-0.3, -0.25) is 9.10 Å². The Balaban J connectivity index is 2.16. The van der Waals surface area contributed by atoms with Crippen LogP contribution in [0.25, 0.3) is 0 Å². The van der Waals surface area contributed by atoms with Crippen LogP contribution in [0.3, 0.4) is 0 Å². The van der Waals surface area contributed by atoms with E-state index >= 15 is 0 Å². The lowest BCUT2D eigenvalue weighted by atomic mass is 9.87. The van der Waals surface area contributed by atoms with E-state index in [1.807, 2.05) is 19.1 Å². The Morgan fingerprint density at radius 1 is 1.24 bits per heavy atom. The van der Waals surface area contributed by atoms with Crippen molar-refractivity contribution in [2.24, 2.45) is 5.92 Å². The molecule has 1 aliphatic heterocycles. The standard InChI is InChI=1S/C21H24FNO5S/c1-5-28-21(24)17-11-15-7-6-13(2)10-19(15)23(14(17)3)29(25,26)16-8-9-18(22)20(12-16)27-4/h6-10,12,14,17H,5,11H2,1-4H3/t14-,17-/m1/s1. The molecule has 0 unspecified atom stereocenters. The SMILES string of the molecule is CCOC(=O)[C@@H]1Cc2ccc(C)cc2N(S(=O)(=O)c2ccc(F)c(OC)c2)[C@@H]1C. The van der Waals surface area contributed by atoms with Gasteiger partial charge in [-0.1, -0.05) is 12.1 Å². The molecule has 0 saturated heterocycles. The molecule has 0 aromatic heterocycles. The van der Waals surface area contributed by atoms with Crippen molar-refractivity contribution >= 4 is 21.7 Å². The molecule has 0 amide bonds. The zero-order chi connectivity index (χ0) is 21.3. The number of hydrogen-bond donors (Lipinski definition) is 0. The molecular formula is C21H24FNO5S. The number of nitrogens with zero attached hydrogens (tertiary/aromatic N) is 1. The second kappa shape index (κ2) is 8.02. The zero-order valence-corrected chi connectivity index (χ0v) is 17.6. The molecule has 0 spiro atoms. The predicted octanol–water partition coefficient (Wildman–Crippen LogP) is 3.46. The molecule has 0 bridgehead atoms. The molecule has 29 heavy (non-hydrogen) atoms. The van der Waals surface area contributed by atoms with Crippen LogP contribution >= 0.6 is 0 Å². The van der Waals surface area contributed by atoms with Crippen molar-refractivity contribution in [3.05, 3.63) is 53.3 Å². The van der Waals surface area contributed by atoms with Gasteiger partial charge in [0.2, 0.25) is 0 Å². The van der Waals surface area contributed by atoms with E-state index < -0.39 is 33.8 Å². The number of hydrogen-bond acceptors (Lipinski definition) is 5. The summed E-state index contributed by atoms with van der Waals surface area (Å²) in [6.07, 6.45) is 0.383. The van der Waals surface area contributed by atoms with E-state index in [0.29, 0.717) is 12.1 Å². The van der Waals surface area contributed by atoms with Crippen molar-refractivity contribution in [3.63, 3.8) is 0 Å². The first-order chi connectivity index (χ1) is 13.7. The van der Waals surface area contributed by atoms with E-state index in [-0.39, 0.29) is 17.3 Å². The average molecular weight is 421 g/mol. The van der Waals surface area contributed by atoms with Crippen LogP contribution in [0, 0.1) is 18.7 Å². The van der Waals surface area contributed by atoms with Gasteiger partial charge in [0, 0.05) is 6.07 Å². The summed E-state index contributed by atoms with van der Waals surface area (Å²) in [5, 5.41) is 0. The molecule has 3 rings (SSSR count). The van der Waals surface area contributed by atoms with E-state index in [4.69, 9.17) is 9.47 Å². The van der Waals surface area contributed by atoms with Crippen LogP contribution in [0.1, 0.15) is 25.0 Å². The van der Waals surface area contributed by atoms with Crippen LogP contribution in [0.4, 0.5) is 10.1 Å². The van der Waals surface area contributed by atoms with Gasteiger partial charge in [-0.15, -0.1) is 0 Å². The first-order valence-corrected chi connectivity index (χ1v) is 10.8. The quantitative estimate of drug-likeness (QED) is 0.692. The molecule has 2 aromatic rings. The van der Waals surface area contributed by atoms with Crippen LogP contribution in [0.5, 0.6) is 5.75 Å². The lowest BCUT2D eigenvalue weighted by molar-refractivity contribution is -0.148. The summed E-state index contributed by atoms with van der Waals surface area (Å²) in [6.45, 7) is 5.48. The predicted molar refractivity (Wildman–Crippen MR) is 107 cm³/mol. The highest BCUT2D eigenvalue weighted by molar-refractivity contribution is 7.92. The van der Waals surface area contributed by atoms with Gasteiger partial charge in [-0.2, -0.15) is 0 Å². The number of fused-ring (bicyclic) bond motifs is 1. The molecule has 8 heteroatoms. The molecule has 0 fully saturated rings. The van der Waals surface area contributed by atoms with Gasteiger partial charge < -0.3 is 9.47 Å². The maximum absolute atomic E-state index is 13.8. The van der Waals surface area contributed by atoms with Gasteiger partial charge in [0.15, 0.2) is 11.6 Å². The second-order valence-corrected chi connectivity index (χ2v) is 8.85. The van der Waals surface area contributed by atoms with Crippen LogP contribution in [0.15, 0.2) is 41.3 Å². The van der Waals surface area contributed by atoms with Gasteiger partial charge in [0.1, 0.15) is 0 Å². The van der Waals surface area contributed by atoms with E-state index in [1.54, 1.807) is 19.9 Å². The Morgan fingerprint density at radius 3 is 2.62 bits per heavy atom. The topological polar surface area (TPSA) is 72.9 Å². The summed E-state index contributed by atoms with van der Waals surface area (Å²) < 4.78 is 52.3. The molecule has 2 aromatic carbocycles. The van der Waals surface area contributed by atoms with Gasteiger partial charge in [-0.25, -0.2) is 12.8 Å².